The van der Waals surface area contributed by atoms with Crippen molar-refractivity contribution in [1.29, 1.82) is 0 Å². The van der Waals surface area contributed by atoms with Crippen LogP contribution >= 0.6 is 0 Å². The van der Waals surface area contributed by atoms with Crippen molar-refractivity contribution in [2.45, 2.75) is 52.5 Å². The Kier molecular flexibility index (Phi) is 3.83. The van der Waals surface area contributed by atoms with Gasteiger partial charge in [-0.05, 0) is 42.9 Å². The first-order valence-electron chi connectivity index (χ1n) is 7.00. The van der Waals surface area contributed by atoms with Crippen molar-refractivity contribution in [3.63, 3.8) is 0 Å². The van der Waals surface area contributed by atoms with Gasteiger partial charge in [-0.1, -0.05) is 32.8 Å². The summed E-state index contributed by atoms with van der Waals surface area (Å²) in [6.45, 7) is 6.24. The lowest BCUT2D eigenvalue weighted by Crippen LogP contribution is -2.46. The number of rotatable bonds is 2. The largest absolute Gasteiger partial charge is 0.508 e. The molecule has 104 valence electrons. The number of carbonyl (C=O) groups excluding carboxylic acids is 1. The SMILES string of the molecule is Cc1ccc(C(=O)NC2CCCCC2(C)C)cc1O. The van der Waals surface area contributed by atoms with E-state index in [2.05, 4.69) is 19.2 Å². The summed E-state index contributed by atoms with van der Waals surface area (Å²) in [6, 6.07) is 5.30. The molecule has 0 aromatic heterocycles. The van der Waals surface area contributed by atoms with Gasteiger partial charge in [-0.15, -0.1) is 0 Å². The maximum atomic E-state index is 12.2. The fraction of sp³-hybridized carbons (Fsp3) is 0.562. The molecule has 3 nitrogen and oxygen atoms in total. The molecule has 1 aromatic rings. The van der Waals surface area contributed by atoms with Crippen molar-refractivity contribution in [3.8, 4) is 5.75 Å². The van der Waals surface area contributed by atoms with Gasteiger partial charge in [0.1, 0.15) is 5.75 Å². The molecule has 2 N–H and O–H groups in total. The van der Waals surface area contributed by atoms with Crippen molar-refractivity contribution < 1.29 is 9.90 Å². The Morgan fingerprint density at radius 1 is 1.37 bits per heavy atom. The molecule has 1 aromatic carbocycles. The first-order valence-corrected chi connectivity index (χ1v) is 7.00. The van der Waals surface area contributed by atoms with Gasteiger partial charge in [0.2, 0.25) is 0 Å². The van der Waals surface area contributed by atoms with E-state index >= 15 is 0 Å². The van der Waals surface area contributed by atoms with Crippen LogP contribution in [0.5, 0.6) is 5.75 Å². The summed E-state index contributed by atoms with van der Waals surface area (Å²) in [6.07, 6.45) is 4.60. The minimum absolute atomic E-state index is 0.0877. The van der Waals surface area contributed by atoms with Crippen molar-refractivity contribution in [3.05, 3.63) is 29.3 Å². The number of phenols is 1. The van der Waals surface area contributed by atoms with E-state index in [4.69, 9.17) is 0 Å². The second-order valence-corrected chi connectivity index (χ2v) is 6.26. The fourth-order valence-corrected chi connectivity index (χ4v) is 2.75. The van der Waals surface area contributed by atoms with E-state index in [1.165, 1.54) is 12.8 Å². The van der Waals surface area contributed by atoms with E-state index in [1.807, 2.05) is 6.92 Å². The van der Waals surface area contributed by atoms with Crippen LogP contribution in [-0.4, -0.2) is 17.1 Å². The van der Waals surface area contributed by atoms with Gasteiger partial charge < -0.3 is 10.4 Å². The predicted octanol–water partition coefficient (Wildman–Crippen LogP) is 3.40. The molecular weight excluding hydrogens is 238 g/mol. The molecule has 1 fully saturated rings. The summed E-state index contributed by atoms with van der Waals surface area (Å²) < 4.78 is 0. The smallest absolute Gasteiger partial charge is 0.251 e. The third-order valence-electron chi connectivity index (χ3n) is 4.28. The molecule has 0 aliphatic heterocycles. The molecule has 1 saturated carbocycles. The highest BCUT2D eigenvalue weighted by molar-refractivity contribution is 5.94. The molecule has 0 saturated heterocycles. The zero-order valence-electron chi connectivity index (χ0n) is 12.0. The van der Waals surface area contributed by atoms with Gasteiger partial charge in [-0.3, -0.25) is 4.79 Å². The van der Waals surface area contributed by atoms with Crippen LogP contribution in [-0.2, 0) is 0 Å². The third kappa shape index (κ3) is 3.09. The molecule has 0 radical (unpaired) electrons. The lowest BCUT2D eigenvalue weighted by molar-refractivity contribution is 0.0853. The minimum Gasteiger partial charge on any atom is -0.508 e. The van der Waals surface area contributed by atoms with Crippen LogP contribution in [0.3, 0.4) is 0 Å². The maximum absolute atomic E-state index is 12.2. The van der Waals surface area contributed by atoms with E-state index in [0.717, 1.165) is 18.4 Å². The van der Waals surface area contributed by atoms with Crippen LogP contribution in [0.2, 0.25) is 0 Å². The Hall–Kier alpha value is -1.51. The number of amides is 1. The molecule has 3 heteroatoms. The van der Waals surface area contributed by atoms with Gasteiger partial charge in [0.15, 0.2) is 0 Å². The normalized spacial score (nSPS) is 21.9. The number of phenolic OH excluding ortho intramolecular Hbond substituents is 1. The van der Waals surface area contributed by atoms with Crippen molar-refractivity contribution in [1.82, 2.24) is 5.32 Å². The van der Waals surface area contributed by atoms with Crippen LogP contribution in [0.25, 0.3) is 0 Å². The van der Waals surface area contributed by atoms with E-state index in [9.17, 15) is 9.90 Å². The predicted molar refractivity (Wildman–Crippen MR) is 76.3 cm³/mol. The number of carbonyl (C=O) groups is 1. The quantitative estimate of drug-likeness (QED) is 0.857. The van der Waals surface area contributed by atoms with Crippen molar-refractivity contribution >= 4 is 5.91 Å². The van der Waals surface area contributed by atoms with Crippen LogP contribution in [0.1, 0.15) is 55.5 Å². The van der Waals surface area contributed by atoms with Gasteiger partial charge in [0, 0.05) is 11.6 Å². The maximum Gasteiger partial charge on any atom is 0.251 e. The number of hydrogen-bond acceptors (Lipinski definition) is 2. The number of aryl methyl sites for hydroxylation is 1. The van der Waals surface area contributed by atoms with Gasteiger partial charge >= 0.3 is 0 Å². The molecule has 1 unspecified atom stereocenters. The topological polar surface area (TPSA) is 49.3 Å². The Morgan fingerprint density at radius 2 is 2.11 bits per heavy atom. The lowest BCUT2D eigenvalue weighted by atomic mass is 9.73. The van der Waals surface area contributed by atoms with Gasteiger partial charge in [0.05, 0.1) is 0 Å². The van der Waals surface area contributed by atoms with Crippen LogP contribution in [0.15, 0.2) is 18.2 Å². The second-order valence-electron chi connectivity index (χ2n) is 6.26. The standard InChI is InChI=1S/C16H23NO2/c1-11-7-8-12(10-13(11)18)15(19)17-14-6-4-5-9-16(14,2)3/h7-8,10,14,18H,4-6,9H2,1-3H3,(H,17,19). The molecule has 0 heterocycles. The zero-order valence-corrected chi connectivity index (χ0v) is 12.0. The summed E-state index contributed by atoms with van der Waals surface area (Å²) in [4.78, 5) is 12.2. The van der Waals surface area contributed by atoms with Crippen LogP contribution in [0, 0.1) is 12.3 Å². The van der Waals surface area contributed by atoms with Crippen molar-refractivity contribution in [2.75, 3.05) is 0 Å². The first-order chi connectivity index (χ1) is 8.90. The Labute approximate surface area is 115 Å². The molecule has 1 amide bonds. The van der Waals surface area contributed by atoms with E-state index in [0.29, 0.717) is 5.56 Å². The molecule has 0 bridgehead atoms. The highest BCUT2D eigenvalue weighted by atomic mass is 16.3. The molecule has 2 rings (SSSR count). The number of aromatic hydroxyl groups is 1. The summed E-state index contributed by atoms with van der Waals surface area (Å²) in [5.74, 6) is 0.0887. The van der Waals surface area contributed by atoms with Gasteiger partial charge in [-0.2, -0.15) is 0 Å². The van der Waals surface area contributed by atoms with Gasteiger partial charge in [-0.25, -0.2) is 0 Å². The molecule has 1 aliphatic carbocycles. The summed E-state index contributed by atoms with van der Waals surface area (Å²) in [5.41, 5.74) is 1.47. The second kappa shape index (κ2) is 5.24. The Bertz CT molecular complexity index is 480. The summed E-state index contributed by atoms with van der Waals surface area (Å²) in [7, 11) is 0. The van der Waals surface area contributed by atoms with Crippen molar-refractivity contribution in [2.24, 2.45) is 5.41 Å². The average molecular weight is 261 g/mol. The van der Waals surface area contributed by atoms with Gasteiger partial charge in [0.25, 0.3) is 5.91 Å². The lowest BCUT2D eigenvalue weighted by Gasteiger charge is -2.39. The molecular formula is C16H23NO2. The average Bonchev–Trinajstić information content (AvgIpc) is 2.35. The monoisotopic (exact) mass is 261 g/mol. The van der Waals surface area contributed by atoms with E-state index < -0.39 is 0 Å². The summed E-state index contributed by atoms with van der Waals surface area (Å²) in [5, 5.41) is 12.8. The Balaban J connectivity index is 2.10. The highest BCUT2D eigenvalue weighted by Gasteiger charge is 2.33. The third-order valence-corrected chi connectivity index (χ3v) is 4.28. The van der Waals surface area contributed by atoms with Crippen LogP contribution in [0.4, 0.5) is 0 Å². The zero-order chi connectivity index (χ0) is 14.0. The molecule has 0 spiro atoms. The fourth-order valence-electron chi connectivity index (χ4n) is 2.75. The Morgan fingerprint density at radius 3 is 2.74 bits per heavy atom. The van der Waals surface area contributed by atoms with E-state index in [1.54, 1.807) is 18.2 Å². The number of benzene rings is 1. The summed E-state index contributed by atoms with van der Waals surface area (Å²) >= 11 is 0. The molecule has 1 atom stereocenters. The molecule has 19 heavy (non-hydrogen) atoms. The van der Waals surface area contributed by atoms with Crippen LogP contribution < -0.4 is 5.32 Å². The first kappa shape index (κ1) is 13.9. The molecule has 1 aliphatic rings. The van der Waals surface area contributed by atoms with E-state index in [-0.39, 0.29) is 23.1 Å². The number of nitrogens with one attached hydrogen (secondary N) is 1. The minimum atomic E-state index is -0.0877. The highest BCUT2D eigenvalue weighted by Crippen LogP contribution is 2.35. The number of hydrogen-bond donors (Lipinski definition) is 2.